The Morgan fingerprint density at radius 1 is 1.10 bits per heavy atom. The van der Waals surface area contributed by atoms with Crippen LogP contribution in [0.15, 0.2) is 12.7 Å². The van der Waals surface area contributed by atoms with Gasteiger partial charge in [0.1, 0.15) is 0 Å². The second-order valence-corrected chi connectivity index (χ2v) is 9.57. The standard InChI is InChI=1S/C20H34O/c1-6-19(4)11-8-15-14(13-19)16(21)12-17-18(2,3)9-7-10-20(15,17)5/h6,14-17,21H,1,7-13H2,2-5H3/t14-,15+,16-,17+,19+,20-/m1/s1. The van der Waals surface area contributed by atoms with Gasteiger partial charge in [-0.05, 0) is 72.5 Å². The molecule has 0 aromatic rings. The minimum absolute atomic E-state index is 0.0926. The predicted molar refractivity (Wildman–Crippen MR) is 89.0 cm³/mol. The molecule has 0 amide bonds. The molecule has 6 atom stereocenters. The second kappa shape index (κ2) is 4.85. The Labute approximate surface area is 131 Å². The molecule has 21 heavy (non-hydrogen) atoms. The van der Waals surface area contributed by atoms with E-state index in [-0.39, 0.29) is 11.5 Å². The Morgan fingerprint density at radius 2 is 1.81 bits per heavy atom. The fraction of sp³-hybridized carbons (Fsp3) is 0.900. The molecule has 3 aliphatic rings. The molecule has 0 radical (unpaired) electrons. The Kier molecular flexibility index (Phi) is 3.60. The molecule has 1 N–H and O–H groups in total. The van der Waals surface area contributed by atoms with Crippen LogP contribution in [0.25, 0.3) is 0 Å². The van der Waals surface area contributed by atoms with Gasteiger partial charge in [-0.1, -0.05) is 40.2 Å². The molecule has 0 aromatic carbocycles. The van der Waals surface area contributed by atoms with Crippen LogP contribution in [0.2, 0.25) is 0 Å². The molecule has 3 aliphatic carbocycles. The number of fused-ring (bicyclic) bond motifs is 3. The van der Waals surface area contributed by atoms with E-state index in [1.807, 2.05) is 0 Å². The van der Waals surface area contributed by atoms with E-state index in [1.165, 1.54) is 32.1 Å². The van der Waals surface area contributed by atoms with Crippen LogP contribution in [0.4, 0.5) is 0 Å². The van der Waals surface area contributed by atoms with Gasteiger partial charge in [-0.25, -0.2) is 0 Å². The van der Waals surface area contributed by atoms with Crippen LogP contribution in [0.5, 0.6) is 0 Å². The first-order chi connectivity index (χ1) is 9.72. The molecule has 3 rings (SSSR count). The maximum Gasteiger partial charge on any atom is 0.0574 e. The zero-order chi connectivity index (χ0) is 15.5. The van der Waals surface area contributed by atoms with Crippen molar-refractivity contribution in [3.05, 3.63) is 12.7 Å². The highest BCUT2D eigenvalue weighted by atomic mass is 16.3. The van der Waals surface area contributed by atoms with E-state index < -0.39 is 0 Å². The van der Waals surface area contributed by atoms with Crippen LogP contribution in [0.1, 0.15) is 72.6 Å². The smallest absolute Gasteiger partial charge is 0.0574 e. The molecule has 0 heterocycles. The van der Waals surface area contributed by atoms with Gasteiger partial charge in [0, 0.05) is 0 Å². The largest absolute Gasteiger partial charge is 0.393 e. The number of aliphatic hydroxyl groups is 1. The van der Waals surface area contributed by atoms with Gasteiger partial charge < -0.3 is 5.11 Å². The molecule has 120 valence electrons. The molecule has 3 saturated carbocycles. The number of hydrogen-bond donors (Lipinski definition) is 1. The number of rotatable bonds is 1. The van der Waals surface area contributed by atoms with E-state index in [0.717, 1.165) is 18.8 Å². The minimum Gasteiger partial charge on any atom is -0.393 e. The molecule has 0 bridgehead atoms. The van der Waals surface area contributed by atoms with Crippen molar-refractivity contribution in [3.63, 3.8) is 0 Å². The van der Waals surface area contributed by atoms with Crippen LogP contribution < -0.4 is 0 Å². The lowest BCUT2D eigenvalue weighted by molar-refractivity contribution is -0.164. The highest BCUT2D eigenvalue weighted by Crippen LogP contribution is 2.65. The van der Waals surface area contributed by atoms with Gasteiger partial charge in [0.25, 0.3) is 0 Å². The molecule has 0 saturated heterocycles. The van der Waals surface area contributed by atoms with Crippen molar-refractivity contribution in [3.8, 4) is 0 Å². The molecule has 0 spiro atoms. The summed E-state index contributed by atoms with van der Waals surface area (Å²) in [4.78, 5) is 0. The van der Waals surface area contributed by atoms with Gasteiger partial charge in [0.15, 0.2) is 0 Å². The first kappa shape index (κ1) is 15.6. The topological polar surface area (TPSA) is 20.2 Å². The monoisotopic (exact) mass is 290 g/mol. The molecule has 1 heteroatoms. The van der Waals surface area contributed by atoms with Crippen LogP contribution in [-0.2, 0) is 0 Å². The van der Waals surface area contributed by atoms with Crippen molar-refractivity contribution >= 4 is 0 Å². The lowest BCUT2D eigenvalue weighted by Crippen LogP contribution is -2.57. The van der Waals surface area contributed by atoms with E-state index in [9.17, 15) is 5.11 Å². The average Bonchev–Trinajstić information content (AvgIpc) is 2.41. The van der Waals surface area contributed by atoms with Crippen molar-refractivity contribution in [2.45, 2.75) is 78.7 Å². The maximum atomic E-state index is 10.9. The lowest BCUT2D eigenvalue weighted by Gasteiger charge is -2.63. The summed E-state index contributed by atoms with van der Waals surface area (Å²) in [5.41, 5.74) is 1.10. The summed E-state index contributed by atoms with van der Waals surface area (Å²) >= 11 is 0. The third-order valence-corrected chi connectivity index (χ3v) is 7.83. The van der Waals surface area contributed by atoms with Crippen molar-refractivity contribution < 1.29 is 5.11 Å². The fourth-order valence-electron chi connectivity index (χ4n) is 6.50. The van der Waals surface area contributed by atoms with Gasteiger partial charge in [-0.15, -0.1) is 6.58 Å². The normalized spacial score (nSPS) is 52.6. The van der Waals surface area contributed by atoms with Crippen LogP contribution >= 0.6 is 0 Å². The molecule has 3 fully saturated rings. The highest BCUT2D eigenvalue weighted by Gasteiger charge is 2.58. The molecule has 1 nitrogen and oxygen atoms in total. The first-order valence-electron chi connectivity index (χ1n) is 9.04. The molecule has 0 aromatic heterocycles. The van der Waals surface area contributed by atoms with E-state index in [4.69, 9.17) is 0 Å². The predicted octanol–water partition coefficient (Wildman–Crippen LogP) is 5.19. The highest BCUT2D eigenvalue weighted by molar-refractivity contribution is 5.10. The molecular formula is C20H34O. The van der Waals surface area contributed by atoms with Gasteiger partial charge in [0.05, 0.1) is 6.10 Å². The Morgan fingerprint density at radius 3 is 2.48 bits per heavy atom. The summed E-state index contributed by atoms with van der Waals surface area (Å²) in [5.74, 6) is 1.92. The summed E-state index contributed by atoms with van der Waals surface area (Å²) in [7, 11) is 0. The van der Waals surface area contributed by atoms with E-state index in [1.54, 1.807) is 0 Å². The Bertz CT molecular complexity index is 426. The van der Waals surface area contributed by atoms with Gasteiger partial charge in [-0.2, -0.15) is 0 Å². The summed E-state index contributed by atoms with van der Waals surface area (Å²) < 4.78 is 0. The Hall–Kier alpha value is -0.300. The molecule has 0 unspecified atom stereocenters. The van der Waals surface area contributed by atoms with Crippen molar-refractivity contribution in [2.24, 2.45) is 34.0 Å². The van der Waals surface area contributed by atoms with Crippen molar-refractivity contribution in [1.82, 2.24) is 0 Å². The maximum absolute atomic E-state index is 10.9. The van der Waals surface area contributed by atoms with Gasteiger partial charge in [-0.3, -0.25) is 0 Å². The first-order valence-corrected chi connectivity index (χ1v) is 9.04. The van der Waals surface area contributed by atoms with Gasteiger partial charge in [0.2, 0.25) is 0 Å². The van der Waals surface area contributed by atoms with Crippen LogP contribution in [0.3, 0.4) is 0 Å². The lowest BCUT2D eigenvalue weighted by atomic mass is 9.43. The summed E-state index contributed by atoms with van der Waals surface area (Å²) in [6.45, 7) is 13.8. The summed E-state index contributed by atoms with van der Waals surface area (Å²) in [5, 5.41) is 10.9. The van der Waals surface area contributed by atoms with E-state index in [0.29, 0.717) is 22.7 Å². The zero-order valence-electron chi connectivity index (χ0n) is 14.5. The number of aliphatic hydroxyl groups excluding tert-OH is 1. The summed E-state index contributed by atoms with van der Waals surface area (Å²) in [6, 6.07) is 0. The van der Waals surface area contributed by atoms with Crippen LogP contribution in [0, 0.1) is 34.0 Å². The van der Waals surface area contributed by atoms with Gasteiger partial charge >= 0.3 is 0 Å². The zero-order valence-corrected chi connectivity index (χ0v) is 14.5. The average molecular weight is 290 g/mol. The quantitative estimate of drug-likeness (QED) is 0.659. The number of allylic oxidation sites excluding steroid dienone is 1. The minimum atomic E-state index is -0.0926. The third kappa shape index (κ3) is 2.31. The third-order valence-electron chi connectivity index (χ3n) is 7.83. The van der Waals surface area contributed by atoms with Crippen molar-refractivity contribution in [2.75, 3.05) is 0 Å². The van der Waals surface area contributed by atoms with Crippen LogP contribution in [-0.4, -0.2) is 11.2 Å². The SMILES string of the molecule is C=C[C@@]1(C)CC[C@H]2[C@@H](C1)[C@H](O)C[C@H]1C(C)(C)CCC[C@]21C. The fourth-order valence-corrected chi connectivity index (χ4v) is 6.50. The molecule has 0 aliphatic heterocycles. The van der Waals surface area contributed by atoms with E-state index in [2.05, 4.69) is 40.3 Å². The Balaban J connectivity index is 1.93. The van der Waals surface area contributed by atoms with E-state index >= 15 is 0 Å². The number of hydrogen-bond acceptors (Lipinski definition) is 1. The summed E-state index contributed by atoms with van der Waals surface area (Å²) in [6.07, 6.45) is 10.9. The van der Waals surface area contributed by atoms with Crippen molar-refractivity contribution in [1.29, 1.82) is 0 Å². The molecular weight excluding hydrogens is 256 g/mol. The second-order valence-electron chi connectivity index (χ2n) is 9.57.